The van der Waals surface area contributed by atoms with Gasteiger partial charge in [0.05, 0.1) is 6.10 Å². The smallest absolute Gasteiger partial charge is 0.115 e. The van der Waals surface area contributed by atoms with Crippen molar-refractivity contribution in [2.75, 3.05) is 13.3 Å². The zero-order valence-corrected chi connectivity index (χ0v) is 4.78. The van der Waals surface area contributed by atoms with Gasteiger partial charge < -0.3 is 4.74 Å². The van der Waals surface area contributed by atoms with Crippen LogP contribution in [0.2, 0.25) is 0 Å². The molecule has 0 saturated carbocycles. The van der Waals surface area contributed by atoms with Crippen molar-refractivity contribution in [1.82, 2.24) is 0 Å². The number of halogens is 1. The second-order valence-electron chi connectivity index (χ2n) is 1.42. The quantitative estimate of drug-likeness (QED) is 0.528. The van der Waals surface area contributed by atoms with Crippen molar-refractivity contribution in [3.8, 4) is 0 Å². The van der Waals surface area contributed by atoms with Gasteiger partial charge in [-0.25, -0.2) is 4.39 Å². The van der Waals surface area contributed by atoms with E-state index in [4.69, 9.17) is 4.74 Å². The first-order valence-corrected chi connectivity index (χ1v) is 2.48. The van der Waals surface area contributed by atoms with Gasteiger partial charge in [-0.05, 0) is 13.8 Å². The summed E-state index contributed by atoms with van der Waals surface area (Å²) in [7, 11) is 0. The molecule has 0 N–H and O–H groups in total. The Labute approximate surface area is 43.5 Å². The maximum absolute atomic E-state index is 11.4. The molecule has 0 aliphatic rings. The molecule has 0 aliphatic carbocycles. The lowest BCUT2D eigenvalue weighted by molar-refractivity contribution is 0.0576. The molecule has 1 unspecified atom stereocenters. The van der Waals surface area contributed by atoms with Crippen LogP contribution in [0.15, 0.2) is 0 Å². The summed E-state index contributed by atoms with van der Waals surface area (Å²) in [6, 6.07) is 0. The molecule has 1 atom stereocenters. The molecular weight excluding hydrogens is 95.1 g/mol. The summed E-state index contributed by atoms with van der Waals surface area (Å²) >= 11 is 0. The van der Waals surface area contributed by atoms with Crippen LogP contribution >= 0.6 is 0 Å². The van der Waals surface area contributed by atoms with E-state index in [-0.39, 0.29) is 12.8 Å². The minimum Gasteiger partial charge on any atom is -0.376 e. The number of alkyl halides is 1. The summed E-state index contributed by atoms with van der Waals surface area (Å²) in [4.78, 5) is 0. The van der Waals surface area contributed by atoms with Gasteiger partial charge in [-0.2, -0.15) is 0 Å². The summed E-state index contributed by atoms with van der Waals surface area (Å²) < 4.78 is 16.3. The van der Waals surface area contributed by atoms with Crippen LogP contribution in [0.1, 0.15) is 13.8 Å². The number of hydrogen-bond acceptors (Lipinski definition) is 1. The van der Waals surface area contributed by atoms with Gasteiger partial charge in [0.15, 0.2) is 0 Å². The van der Waals surface area contributed by atoms with E-state index in [2.05, 4.69) is 0 Å². The first-order valence-electron chi connectivity index (χ1n) is 2.48. The van der Waals surface area contributed by atoms with Crippen molar-refractivity contribution in [1.29, 1.82) is 0 Å². The van der Waals surface area contributed by atoms with E-state index in [0.29, 0.717) is 6.61 Å². The van der Waals surface area contributed by atoms with Gasteiger partial charge in [-0.1, -0.05) is 0 Å². The summed E-state index contributed by atoms with van der Waals surface area (Å²) in [5.41, 5.74) is 0. The normalized spacial score (nSPS) is 14.1. The van der Waals surface area contributed by atoms with Crippen LogP contribution in [-0.2, 0) is 4.74 Å². The standard InChI is InChI=1S/C5H11FO/c1-3-7-5(2)4-6/h5H,3-4H2,1-2H3. The molecule has 0 radical (unpaired) electrons. The van der Waals surface area contributed by atoms with Crippen molar-refractivity contribution < 1.29 is 9.13 Å². The highest BCUT2D eigenvalue weighted by Crippen LogP contribution is 1.88. The molecule has 1 nitrogen and oxygen atoms in total. The summed E-state index contributed by atoms with van der Waals surface area (Å²) in [5, 5.41) is 0. The van der Waals surface area contributed by atoms with Crippen LogP contribution in [0.5, 0.6) is 0 Å². The highest BCUT2D eigenvalue weighted by atomic mass is 19.1. The average molecular weight is 106 g/mol. The second-order valence-corrected chi connectivity index (χ2v) is 1.42. The highest BCUT2D eigenvalue weighted by molar-refractivity contribution is 4.41. The van der Waals surface area contributed by atoms with Crippen LogP contribution in [-0.4, -0.2) is 19.4 Å². The van der Waals surface area contributed by atoms with E-state index in [0.717, 1.165) is 0 Å². The Balaban J connectivity index is 2.83. The van der Waals surface area contributed by atoms with Crippen molar-refractivity contribution in [3.05, 3.63) is 0 Å². The number of hydrogen-bond donors (Lipinski definition) is 0. The van der Waals surface area contributed by atoms with Crippen molar-refractivity contribution in [2.45, 2.75) is 20.0 Å². The van der Waals surface area contributed by atoms with E-state index in [1.54, 1.807) is 6.92 Å². The van der Waals surface area contributed by atoms with Crippen LogP contribution in [0.3, 0.4) is 0 Å². The largest absolute Gasteiger partial charge is 0.376 e. The SMILES string of the molecule is CCOC(C)CF. The van der Waals surface area contributed by atoms with Gasteiger partial charge in [-0.3, -0.25) is 0 Å². The number of ether oxygens (including phenoxy) is 1. The van der Waals surface area contributed by atoms with E-state index in [1.165, 1.54) is 0 Å². The minimum absolute atomic E-state index is 0.218. The predicted molar refractivity (Wildman–Crippen MR) is 27.1 cm³/mol. The third-order valence-corrected chi connectivity index (χ3v) is 0.668. The average Bonchev–Trinajstić information content (AvgIpc) is 1.68. The van der Waals surface area contributed by atoms with Gasteiger partial charge in [-0.15, -0.1) is 0 Å². The fourth-order valence-corrected chi connectivity index (χ4v) is 0.329. The van der Waals surface area contributed by atoms with E-state index < -0.39 is 0 Å². The molecule has 0 fully saturated rings. The molecule has 0 heterocycles. The summed E-state index contributed by atoms with van der Waals surface area (Å²) in [6.45, 7) is 3.79. The molecule has 7 heavy (non-hydrogen) atoms. The van der Waals surface area contributed by atoms with Gasteiger partial charge in [0.1, 0.15) is 6.67 Å². The van der Waals surface area contributed by atoms with E-state index >= 15 is 0 Å². The van der Waals surface area contributed by atoms with Crippen LogP contribution in [0.25, 0.3) is 0 Å². The third-order valence-electron chi connectivity index (χ3n) is 0.668. The number of rotatable bonds is 3. The zero-order valence-electron chi connectivity index (χ0n) is 4.78. The Morgan fingerprint density at radius 2 is 2.29 bits per heavy atom. The lowest BCUT2D eigenvalue weighted by Crippen LogP contribution is -2.08. The summed E-state index contributed by atoms with van der Waals surface area (Å²) in [5.74, 6) is 0. The maximum atomic E-state index is 11.4. The van der Waals surface area contributed by atoms with Gasteiger partial charge in [0, 0.05) is 6.61 Å². The highest BCUT2D eigenvalue weighted by Gasteiger charge is 1.95. The minimum atomic E-state index is -0.381. The first kappa shape index (κ1) is 6.89. The fraction of sp³-hybridized carbons (Fsp3) is 1.00. The zero-order chi connectivity index (χ0) is 5.70. The van der Waals surface area contributed by atoms with Crippen LogP contribution < -0.4 is 0 Å². The van der Waals surface area contributed by atoms with Crippen LogP contribution in [0.4, 0.5) is 4.39 Å². The monoisotopic (exact) mass is 106 g/mol. The molecule has 44 valence electrons. The van der Waals surface area contributed by atoms with E-state index in [9.17, 15) is 4.39 Å². The molecule has 0 rings (SSSR count). The molecule has 0 aliphatic heterocycles. The van der Waals surface area contributed by atoms with Gasteiger partial charge in [0.2, 0.25) is 0 Å². The third kappa shape index (κ3) is 3.73. The van der Waals surface area contributed by atoms with Gasteiger partial charge in [0.25, 0.3) is 0 Å². The van der Waals surface area contributed by atoms with E-state index in [1.807, 2.05) is 6.92 Å². The lowest BCUT2D eigenvalue weighted by atomic mass is 10.5. The Morgan fingerprint density at radius 1 is 1.71 bits per heavy atom. The van der Waals surface area contributed by atoms with Crippen molar-refractivity contribution in [2.24, 2.45) is 0 Å². The van der Waals surface area contributed by atoms with Crippen molar-refractivity contribution >= 4 is 0 Å². The predicted octanol–water partition coefficient (Wildman–Crippen LogP) is 1.38. The van der Waals surface area contributed by atoms with Crippen LogP contribution in [0, 0.1) is 0 Å². The molecule has 0 amide bonds. The fourth-order valence-electron chi connectivity index (χ4n) is 0.329. The van der Waals surface area contributed by atoms with Gasteiger partial charge >= 0.3 is 0 Å². The Morgan fingerprint density at radius 3 is 2.43 bits per heavy atom. The molecular formula is C5H11FO. The molecule has 2 heteroatoms. The topological polar surface area (TPSA) is 9.23 Å². The second kappa shape index (κ2) is 4.06. The lowest BCUT2D eigenvalue weighted by Gasteiger charge is -2.03. The Kier molecular flexibility index (Phi) is 4.00. The molecule has 0 aromatic rings. The Hall–Kier alpha value is -0.110. The molecule has 0 saturated heterocycles. The molecule has 0 spiro atoms. The maximum Gasteiger partial charge on any atom is 0.115 e. The summed E-state index contributed by atoms with van der Waals surface area (Å²) in [6.07, 6.45) is -0.218. The Bertz CT molecular complexity index is 39.1. The molecule has 0 aromatic carbocycles. The first-order chi connectivity index (χ1) is 3.31. The molecule has 0 bridgehead atoms. The molecule has 0 aromatic heterocycles. The van der Waals surface area contributed by atoms with Crippen molar-refractivity contribution in [3.63, 3.8) is 0 Å².